The van der Waals surface area contributed by atoms with Crippen LogP contribution >= 0.6 is 0 Å². The molecule has 0 saturated carbocycles. The van der Waals surface area contributed by atoms with Crippen molar-refractivity contribution >= 4 is 22.5 Å². The molecule has 182 valence electrons. The zero-order valence-electron chi connectivity index (χ0n) is 20.4. The van der Waals surface area contributed by atoms with Gasteiger partial charge in [0.1, 0.15) is 12.1 Å². The van der Waals surface area contributed by atoms with Crippen molar-refractivity contribution in [3.8, 4) is 28.3 Å². The molecule has 0 saturated heterocycles. The number of anilines is 1. The van der Waals surface area contributed by atoms with Crippen LogP contribution in [-0.4, -0.2) is 40.2 Å². The molecule has 0 bridgehead atoms. The van der Waals surface area contributed by atoms with E-state index < -0.39 is 0 Å². The zero-order chi connectivity index (χ0) is 25.4. The zero-order valence-corrected chi connectivity index (χ0v) is 20.4. The Labute approximate surface area is 212 Å². The van der Waals surface area contributed by atoms with Gasteiger partial charge in [0.05, 0.1) is 23.3 Å². The van der Waals surface area contributed by atoms with Crippen molar-refractivity contribution in [3.05, 3.63) is 97.1 Å². The Hall–Kier alpha value is -5.05. The van der Waals surface area contributed by atoms with Crippen LogP contribution in [0.5, 0.6) is 0 Å². The predicted octanol–water partition coefficient (Wildman–Crippen LogP) is 4.70. The maximum Gasteiger partial charge on any atom is 0.230 e. The number of nitrogens with zero attached hydrogens (tertiary/aromatic N) is 6. The molecule has 0 atom stereocenters. The summed E-state index contributed by atoms with van der Waals surface area (Å²) < 4.78 is 3.67. The Morgan fingerprint density at radius 2 is 1.78 bits per heavy atom. The molecular weight excluding hydrogens is 464 g/mol. The highest BCUT2D eigenvalue weighted by Gasteiger charge is 2.13. The lowest BCUT2D eigenvalue weighted by atomic mass is 10.1. The van der Waals surface area contributed by atoms with Gasteiger partial charge < -0.3 is 10.3 Å². The maximum absolute atomic E-state index is 12.7. The van der Waals surface area contributed by atoms with E-state index >= 15 is 0 Å². The number of fused-ring (bicyclic) bond motifs is 1. The second kappa shape index (κ2) is 9.19. The van der Waals surface area contributed by atoms with Gasteiger partial charge in [0.15, 0.2) is 0 Å². The third kappa shape index (κ3) is 4.50. The molecule has 0 fully saturated rings. The van der Waals surface area contributed by atoms with Gasteiger partial charge in [0.25, 0.3) is 0 Å². The molecule has 5 heterocycles. The molecule has 1 amide bonds. The summed E-state index contributed by atoms with van der Waals surface area (Å²) in [6.07, 6.45) is 9.19. The van der Waals surface area contributed by atoms with Gasteiger partial charge in [-0.1, -0.05) is 12.1 Å². The van der Waals surface area contributed by atoms with Crippen molar-refractivity contribution in [1.82, 2.24) is 34.3 Å². The Bertz CT molecular complexity index is 1710. The largest absolute Gasteiger partial charge is 0.354 e. The Morgan fingerprint density at radius 3 is 2.54 bits per heavy atom. The topological polar surface area (TPSA) is 106 Å². The van der Waals surface area contributed by atoms with Gasteiger partial charge >= 0.3 is 0 Å². The lowest BCUT2D eigenvalue weighted by Gasteiger charge is -2.06. The van der Waals surface area contributed by atoms with Crippen molar-refractivity contribution in [1.29, 1.82) is 0 Å². The quantitative estimate of drug-likeness (QED) is 0.353. The van der Waals surface area contributed by atoms with Gasteiger partial charge in [-0.05, 0) is 55.0 Å². The molecule has 0 radical (unpaired) electrons. The number of rotatable bonds is 6. The molecule has 37 heavy (non-hydrogen) atoms. The van der Waals surface area contributed by atoms with Gasteiger partial charge in [0.2, 0.25) is 5.91 Å². The number of hydrogen-bond donors (Lipinski definition) is 2. The molecular formula is C28H24N8O. The summed E-state index contributed by atoms with van der Waals surface area (Å²) in [5, 5.41) is 8.52. The second-order valence-corrected chi connectivity index (χ2v) is 8.88. The van der Waals surface area contributed by atoms with Gasteiger partial charge in [-0.2, -0.15) is 5.10 Å². The summed E-state index contributed by atoms with van der Waals surface area (Å²) in [6.45, 7) is 1.95. The number of imidazole rings is 1. The van der Waals surface area contributed by atoms with Crippen LogP contribution in [0.25, 0.3) is 39.2 Å². The highest BCUT2D eigenvalue weighted by atomic mass is 16.1. The van der Waals surface area contributed by atoms with E-state index in [9.17, 15) is 4.79 Å². The van der Waals surface area contributed by atoms with E-state index in [4.69, 9.17) is 0 Å². The number of aromatic amines is 1. The van der Waals surface area contributed by atoms with E-state index in [1.54, 1.807) is 29.6 Å². The van der Waals surface area contributed by atoms with E-state index in [1.807, 2.05) is 73.3 Å². The first-order valence-corrected chi connectivity index (χ1v) is 11.9. The van der Waals surface area contributed by atoms with E-state index in [-0.39, 0.29) is 12.3 Å². The van der Waals surface area contributed by atoms with Crippen LogP contribution < -0.4 is 5.32 Å². The van der Waals surface area contributed by atoms with Gasteiger partial charge in [-0.15, -0.1) is 0 Å². The number of aryl methyl sites for hydroxylation is 2. The maximum atomic E-state index is 12.7. The van der Waals surface area contributed by atoms with Gasteiger partial charge in [-0.3, -0.25) is 19.0 Å². The number of H-pyrrole nitrogens is 1. The molecule has 0 spiro atoms. The van der Waals surface area contributed by atoms with Crippen LogP contribution in [0.1, 0.15) is 11.4 Å². The number of carbonyl (C=O) groups excluding carboxylic acids is 1. The first-order chi connectivity index (χ1) is 18.0. The van der Waals surface area contributed by atoms with Crippen LogP contribution in [0.4, 0.5) is 5.69 Å². The fourth-order valence-electron chi connectivity index (χ4n) is 4.38. The highest BCUT2D eigenvalue weighted by molar-refractivity contribution is 5.93. The Balaban J connectivity index is 1.17. The van der Waals surface area contributed by atoms with Crippen LogP contribution in [0.3, 0.4) is 0 Å². The van der Waals surface area contributed by atoms with E-state index in [2.05, 4.69) is 36.4 Å². The number of pyridine rings is 2. The van der Waals surface area contributed by atoms with E-state index in [1.165, 1.54) is 0 Å². The number of benzene rings is 1. The summed E-state index contributed by atoms with van der Waals surface area (Å²) in [6, 6.07) is 17.6. The monoisotopic (exact) mass is 488 g/mol. The fraction of sp³-hybridized carbons (Fsp3) is 0.107. The Kier molecular flexibility index (Phi) is 5.57. The summed E-state index contributed by atoms with van der Waals surface area (Å²) in [7, 11) is 1.84. The lowest BCUT2D eigenvalue weighted by molar-refractivity contribution is -0.115. The minimum atomic E-state index is -0.103. The first kappa shape index (κ1) is 22.4. The lowest BCUT2D eigenvalue weighted by Crippen LogP contribution is -2.16. The van der Waals surface area contributed by atoms with Crippen LogP contribution in [0.2, 0.25) is 0 Å². The van der Waals surface area contributed by atoms with Crippen molar-refractivity contribution in [3.63, 3.8) is 0 Å². The average molecular weight is 489 g/mol. The van der Waals surface area contributed by atoms with Crippen molar-refractivity contribution in [2.75, 3.05) is 5.32 Å². The minimum Gasteiger partial charge on any atom is -0.354 e. The molecule has 0 aliphatic rings. The predicted molar refractivity (Wildman–Crippen MR) is 142 cm³/mol. The van der Waals surface area contributed by atoms with Crippen LogP contribution in [0, 0.1) is 6.92 Å². The summed E-state index contributed by atoms with van der Waals surface area (Å²) in [5.74, 6) is 0.723. The molecule has 6 aromatic rings. The number of nitrogens with one attached hydrogen (secondary N) is 2. The molecule has 9 nitrogen and oxygen atoms in total. The molecule has 6 rings (SSSR count). The molecule has 0 aliphatic carbocycles. The first-order valence-electron chi connectivity index (χ1n) is 11.9. The molecule has 9 heteroatoms. The number of aromatic nitrogens is 7. The van der Waals surface area contributed by atoms with Gasteiger partial charge in [-0.25, -0.2) is 9.97 Å². The SMILES string of the molecule is Cc1cn(-c2nccc3[nH]c(-c4ccc(NC(=O)Cc5cc(-c6ccncc6)nn5C)cc4)cc23)cn1. The number of amides is 1. The molecule has 1 aromatic carbocycles. The molecule has 2 N–H and O–H groups in total. The van der Waals surface area contributed by atoms with E-state index in [0.717, 1.165) is 56.3 Å². The van der Waals surface area contributed by atoms with Crippen LogP contribution in [0.15, 0.2) is 85.7 Å². The second-order valence-electron chi connectivity index (χ2n) is 8.88. The molecule has 0 unspecified atom stereocenters. The third-order valence-electron chi connectivity index (χ3n) is 6.26. The summed E-state index contributed by atoms with van der Waals surface area (Å²) >= 11 is 0. The van der Waals surface area contributed by atoms with Crippen molar-refractivity contribution < 1.29 is 4.79 Å². The normalized spacial score (nSPS) is 11.2. The number of hydrogen-bond acceptors (Lipinski definition) is 5. The Morgan fingerprint density at radius 1 is 0.973 bits per heavy atom. The van der Waals surface area contributed by atoms with E-state index in [0.29, 0.717) is 0 Å². The number of carbonyl (C=O) groups is 1. The fourth-order valence-corrected chi connectivity index (χ4v) is 4.38. The summed E-state index contributed by atoms with van der Waals surface area (Å²) in [5.41, 5.74) is 7.25. The molecule has 5 aromatic heterocycles. The van der Waals surface area contributed by atoms with Crippen LogP contribution in [-0.2, 0) is 18.3 Å². The molecule has 0 aliphatic heterocycles. The standard InChI is InChI=1S/C28H24N8O/c1-18-16-36(17-31-18)28-23-15-25(33-24(23)9-12-30-28)19-3-5-21(6-4-19)32-27(37)14-22-13-26(34-35(22)2)20-7-10-29-11-8-20/h3-13,15-17,33H,14H2,1-2H3,(H,32,37). The smallest absolute Gasteiger partial charge is 0.230 e. The summed E-state index contributed by atoms with van der Waals surface area (Å²) in [4.78, 5) is 29.1. The van der Waals surface area contributed by atoms with Gasteiger partial charge in [0, 0.05) is 59.9 Å². The third-order valence-corrected chi connectivity index (χ3v) is 6.26. The average Bonchev–Trinajstić information content (AvgIpc) is 3.63. The minimum absolute atomic E-state index is 0.103. The highest BCUT2D eigenvalue weighted by Crippen LogP contribution is 2.28. The van der Waals surface area contributed by atoms with Crippen molar-refractivity contribution in [2.45, 2.75) is 13.3 Å². The van der Waals surface area contributed by atoms with Crippen molar-refractivity contribution in [2.24, 2.45) is 7.05 Å².